The molecule has 8 heteroatoms. The van der Waals surface area contributed by atoms with E-state index in [1.807, 2.05) is 7.05 Å². The van der Waals surface area contributed by atoms with Gasteiger partial charge < -0.3 is 20.1 Å². The summed E-state index contributed by atoms with van der Waals surface area (Å²) >= 11 is 0. The molecule has 0 saturated carbocycles. The molecule has 0 radical (unpaired) electrons. The highest BCUT2D eigenvalue weighted by atomic mass is 16.5. The second-order valence-electron chi connectivity index (χ2n) is 4.16. The van der Waals surface area contributed by atoms with E-state index in [9.17, 15) is 14.4 Å². The molecule has 0 aliphatic carbocycles. The van der Waals surface area contributed by atoms with Crippen molar-refractivity contribution in [2.45, 2.75) is 12.5 Å². The summed E-state index contributed by atoms with van der Waals surface area (Å²) in [6.45, 7) is 0.629. The van der Waals surface area contributed by atoms with Crippen molar-refractivity contribution in [2.75, 3.05) is 33.4 Å². The number of carboxylic acids is 1. The molecule has 0 aromatic heterocycles. The van der Waals surface area contributed by atoms with Crippen molar-refractivity contribution in [1.29, 1.82) is 0 Å². The van der Waals surface area contributed by atoms with E-state index in [4.69, 9.17) is 5.11 Å². The number of imide groups is 1. The Labute approximate surface area is 104 Å². The number of amides is 3. The molecular weight excluding hydrogens is 242 g/mol. The molecule has 0 spiro atoms. The van der Waals surface area contributed by atoms with Gasteiger partial charge in [-0.25, -0.2) is 9.59 Å². The highest BCUT2D eigenvalue weighted by molar-refractivity contribution is 5.95. The number of urea groups is 1. The minimum absolute atomic E-state index is 0.0303. The number of likely N-dealkylation sites (N-methyl/N-ethyl adjacent to an activating group) is 1. The Kier molecular flexibility index (Phi) is 5.53. The fraction of sp³-hybridized carbons (Fsp3) is 0.700. The van der Waals surface area contributed by atoms with Crippen LogP contribution in [-0.4, -0.2) is 67.3 Å². The monoisotopic (exact) mass is 259 g/mol. The van der Waals surface area contributed by atoms with Gasteiger partial charge in [-0.05, 0) is 20.0 Å². The van der Waals surface area contributed by atoms with Crippen molar-refractivity contribution in [3.63, 3.8) is 0 Å². The molecule has 1 rings (SSSR count). The van der Waals surface area contributed by atoms with E-state index in [1.165, 1.54) is 0 Å². The minimum atomic E-state index is -1.17. The lowest BCUT2D eigenvalue weighted by Gasteiger charge is -2.13. The smallest absolute Gasteiger partial charge is 0.329 e. The Hall–Kier alpha value is -1.67. The van der Waals surface area contributed by atoms with Gasteiger partial charge in [0, 0.05) is 12.6 Å². The number of carboxylic acid groups (broad SMARTS) is 1. The Bertz CT molecular complexity index is 333. The first-order valence-corrected chi connectivity index (χ1v) is 5.56. The first-order valence-electron chi connectivity index (χ1n) is 5.56. The predicted molar refractivity (Wildman–Crippen MR) is 61.0 cm³/mol. The SMILES string of the molecule is CN1CCC(NC(=O)NC(=O)COCC(=O)O)C1. The van der Waals surface area contributed by atoms with Crippen molar-refractivity contribution in [2.24, 2.45) is 0 Å². The molecule has 0 bridgehead atoms. The summed E-state index contributed by atoms with van der Waals surface area (Å²) < 4.78 is 4.54. The minimum Gasteiger partial charge on any atom is -0.480 e. The van der Waals surface area contributed by atoms with Crippen LogP contribution in [0.2, 0.25) is 0 Å². The van der Waals surface area contributed by atoms with E-state index in [1.54, 1.807) is 0 Å². The first-order chi connectivity index (χ1) is 8.47. The molecule has 3 N–H and O–H groups in total. The van der Waals surface area contributed by atoms with Crippen LogP contribution < -0.4 is 10.6 Å². The second kappa shape index (κ2) is 6.92. The van der Waals surface area contributed by atoms with Crippen LogP contribution >= 0.6 is 0 Å². The zero-order valence-corrected chi connectivity index (χ0v) is 10.1. The van der Waals surface area contributed by atoms with Crippen LogP contribution in [0.25, 0.3) is 0 Å². The number of hydrogen-bond donors (Lipinski definition) is 3. The number of likely N-dealkylation sites (tertiary alicyclic amines) is 1. The van der Waals surface area contributed by atoms with Gasteiger partial charge in [0.05, 0.1) is 0 Å². The summed E-state index contributed by atoms with van der Waals surface area (Å²) in [5.41, 5.74) is 0. The van der Waals surface area contributed by atoms with E-state index in [0.717, 1.165) is 19.5 Å². The lowest BCUT2D eigenvalue weighted by Crippen LogP contribution is -2.46. The average Bonchev–Trinajstić information content (AvgIpc) is 2.62. The van der Waals surface area contributed by atoms with Crippen LogP contribution in [0, 0.1) is 0 Å². The molecule has 1 aliphatic rings. The summed E-state index contributed by atoms with van der Waals surface area (Å²) in [6, 6.07) is -0.554. The number of carbonyl (C=O) groups is 3. The summed E-state index contributed by atoms with van der Waals surface area (Å²) in [5, 5.41) is 13.0. The summed E-state index contributed by atoms with van der Waals surface area (Å²) in [7, 11) is 1.95. The topological polar surface area (TPSA) is 108 Å². The van der Waals surface area contributed by atoms with E-state index < -0.39 is 31.1 Å². The molecule has 1 aliphatic heterocycles. The molecule has 3 amide bonds. The predicted octanol–water partition coefficient (Wildman–Crippen LogP) is -1.38. The summed E-state index contributed by atoms with van der Waals surface area (Å²) in [4.78, 5) is 34.7. The molecule has 0 aromatic carbocycles. The third-order valence-electron chi connectivity index (χ3n) is 2.44. The second-order valence-corrected chi connectivity index (χ2v) is 4.16. The van der Waals surface area contributed by atoms with Crippen LogP contribution in [0.1, 0.15) is 6.42 Å². The third kappa shape index (κ3) is 5.60. The fourth-order valence-corrected chi connectivity index (χ4v) is 1.67. The van der Waals surface area contributed by atoms with Crippen molar-refractivity contribution in [3.05, 3.63) is 0 Å². The molecular formula is C10H17N3O5. The fourth-order valence-electron chi connectivity index (χ4n) is 1.67. The van der Waals surface area contributed by atoms with Gasteiger partial charge in [0.15, 0.2) is 0 Å². The van der Waals surface area contributed by atoms with Gasteiger partial charge in [0.1, 0.15) is 13.2 Å². The molecule has 18 heavy (non-hydrogen) atoms. The number of carbonyl (C=O) groups excluding carboxylic acids is 2. The van der Waals surface area contributed by atoms with Crippen LogP contribution in [0.5, 0.6) is 0 Å². The van der Waals surface area contributed by atoms with Crippen LogP contribution in [0.4, 0.5) is 4.79 Å². The van der Waals surface area contributed by atoms with Crippen molar-refractivity contribution < 1.29 is 24.2 Å². The standard InChI is InChI=1S/C10H17N3O5/c1-13-3-2-7(4-13)11-10(17)12-8(14)5-18-6-9(15)16/h7H,2-6H2,1H3,(H,15,16)(H2,11,12,14,17). The lowest BCUT2D eigenvalue weighted by atomic mass is 10.3. The Morgan fingerprint density at radius 3 is 2.67 bits per heavy atom. The van der Waals surface area contributed by atoms with Gasteiger partial charge in [-0.3, -0.25) is 10.1 Å². The van der Waals surface area contributed by atoms with E-state index in [-0.39, 0.29) is 6.04 Å². The summed E-state index contributed by atoms with van der Waals surface area (Å²) in [6.07, 6.45) is 0.841. The van der Waals surface area contributed by atoms with Gasteiger partial charge in [0.25, 0.3) is 5.91 Å². The number of nitrogens with zero attached hydrogens (tertiary/aromatic N) is 1. The zero-order chi connectivity index (χ0) is 13.5. The van der Waals surface area contributed by atoms with Crippen LogP contribution in [0.15, 0.2) is 0 Å². The molecule has 1 fully saturated rings. The molecule has 1 saturated heterocycles. The van der Waals surface area contributed by atoms with E-state index in [0.29, 0.717) is 0 Å². The Morgan fingerprint density at radius 2 is 2.11 bits per heavy atom. The van der Waals surface area contributed by atoms with Crippen molar-refractivity contribution in [3.8, 4) is 0 Å². The molecule has 8 nitrogen and oxygen atoms in total. The normalized spacial score (nSPS) is 19.5. The van der Waals surface area contributed by atoms with Gasteiger partial charge >= 0.3 is 12.0 Å². The highest BCUT2D eigenvalue weighted by Gasteiger charge is 2.21. The molecule has 1 atom stereocenters. The van der Waals surface area contributed by atoms with Crippen LogP contribution in [-0.2, 0) is 14.3 Å². The van der Waals surface area contributed by atoms with Gasteiger partial charge in [-0.15, -0.1) is 0 Å². The number of nitrogens with one attached hydrogen (secondary N) is 2. The van der Waals surface area contributed by atoms with Crippen LogP contribution in [0.3, 0.4) is 0 Å². The Balaban J connectivity index is 2.15. The van der Waals surface area contributed by atoms with E-state index in [2.05, 4.69) is 20.3 Å². The molecule has 102 valence electrons. The summed E-state index contributed by atoms with van der Waals surface area (Å²) in [5.74, 6) is -1.83. The zero-order valence-electron chi connectivity index (χ0n) is 10.1. The molecule has 0 aromatic rings. The van der Waals surface area contributed by atoms with E-state index >= 15 is 0 Å². The number of hydrogen-bond acceptors (Lipinski definition) is 5. The average molecular weight is 259 g/mol. The first kappa shape index (κ1) is 14.4. The molecule has 1 heterocycles. The van der Waals surface area contributed by atoms with Gasteiger partial charge in [-0.1, -0.05) is 0 Å². The lowest BCUT2D eigenvalue weighted by molar-refractivity contribution is -0.143. The third-order valence-corrected chi connectivity index (χ3v) is 2.44. The highest BCUT2D eigenvalue weighted by Crippen LogP contribution is 2.05. The Morgan fingerprint density at radius 1 is 1.39 bits per heavy atom. The van der Waals surface area contributed by atoms with Gasteiger partial charge in [-0.2, -0.15) is 0 Å². The number of aliphatic carboxylic acids is 1. The number of rotatable bonds is 5. The quantitative estimate of drug-likeness (QED) is 0.561. The van der Waals surface area contributed by atoms with Crippen molar-refractivity contribution in [1.82, 2.24) is 15.5 Å². The largest absolute Gasteiger partial charge is 0.480 e. The maximum absolute atomic E-state index is 11.4. The molecule has 1 unspecified atom stereocenters. The maximum Gasteiger partial charge on any atom is 0.329 e. The van der Waals surface area contributed by atoms with Gasteiger partial charge in [0.2, 0.25) is 0 Å². The van der Waals surface area contributed by atoms with Crippen molar-refractivity contribution >= 4 is 17.9 Å². The number of ether oxygens (including phenoxy) is 1. The maximum atomic E-state index is 11.4.